The molecule has 3 heterocycles. The molecule has 3 aromatic rings. The van der Waals surface area contributed by atoms with Crippen LogP contribution >= 0.6 is 23.6 Å². The van der Waals surface area contributed by atoms with Gasteiger partial charge in [0.2, 0.25) is 4.77 Å². The van der Waals surface area contributed by atoms with Gasteiger partial charge in [-0.3, -0.25) is 9.50 Å². The summed E-state index contributed by atoms with van der Waals surface area (Å²) in [7, 11) is 0. The van der Waals surface area contributed by atoms with Crippen LogP contribution in [-0.2, 0) is 0 Å². The minimum Gasteiger partial charge on any atom is -0.258 e. The molecule has 3 rings (SSSR count). The van der Waals surface area contributed by atoms with E-state index >= 15 is 0 Å². The first-order chi connectivity index (χ1) is 6.36. The maximum absolute atomic E-state index is 5.03. The number of fused-ring (bicyclic) bond motifs is 3. The molecule has 0 spiro atoms. The van der Waals surface area contributed by atoms with Crippen molar-refractivity contribution in [3.63, 3.8) is 0 Å². The third-order valence-electron chi connectivity index (χ3n) is 1.88. The monoisotopic (exact) mass is 208 g/mol. The quantitative estimate of drug-likeness (QED) is 0.575. The molecule has 0 aliphatic rings. The Hall–Kier alpha value is -1.27. The fraction of sp³-hybridized carbons (Fsp3) is 0. The van der Waals surface area contributed by atoms with E-state index in [1.54, 1.807) is 22.1 Å². The molecule has 1 N–H and O–H groups in total. The molecule has 64 valence electrons. The number of hydrogen-bond donors (Lipinski definition) is 1. The molecule has 4 nitrogen and oxygen atoms in total. The molecule has 0 radical (unpaired) electrons. The Kier molecular flexibility index (Phi) is 1.30. The molecule has 0 aliphatic carbocycles. The number of thiophene rings is 1. The van der Waals surface area contributed by atoms with E-state index in [2.05, 4.69) is 15.2 Å². The summed E-state index contributed by atoms with van der Waals surface area (Å²) in [4.78, 5) is 5.24. The van der Waals surface area contributed by atoms with Crippen LogP contribution in [0.15, 0.2) is 17.8 Å². The molecular formula is C7H4N4S2. The van der Waals surface area contributed by atoms with Gasteiger partial charge in [0.1, 0.15) is 11.2 Å². The number of H-pyrrole nitrogens is 1. The minimum absolute atomic E-state index is 0.579. The molecule has 6 heteroatoms. The van der Waals surface area contributed by atoms with Crippen molar-refractivity contribution in [1.29, 1.82) is 0 Å². The lowest BCUT2D eigenvalue weighted by Crippen LogP contribution is -1.86. The fourth-order valence-corrected chi connectivity index (χ4v) is 2.19. The summed E-state index contributed by atoms with van der Waals surface area (Å²) in [6.07, 6.45) is 1.69. The van der Waals surface area contributed by atoms with E-state index in [0.717, 1.165) is 15.9 Å². The van der Waals surface area contributed by atoms with Gasteiger partial charge in [0.15, 0.2) is 5.65 Å². The molecule has 0 bridgehead atoms. The second-order valence-electron chi connectivity index (χ2n) is 2.61. The first-order valence-electron chi connectivity index (χ1n) is 3.65. The van der Waals surface area contributed by atoms with E-state index in [9.17, 15) is 0 Å². The summed E-state index contributed by atoms with van der Waals surface area (Å²) in [5, 5.41) is 9.91. The highest BCUT2D eigenvalue weighted by Gasteiger charge is 2.04. The maximum atomic E-state index is 5.03. The van der Waals surface area contributed by atoms with Crippen molar-refractivity contribution in [3.05, 3.63) is 22.5 Å². The molecule has 0 unspecified atom stereocenters. The second-order valence-corrected chi connectivity index (χ2v) is 3.89. The van der Waals surface area contributed by atoms with Gasteiger partial charge in [0.25, 0.3) is 0 Å². The first-order valence-corrected chi connectivity index (χ1v) is 4.94. The van der Waals surface area contributed by atoms with Crippen molar-refractivity contribution < 1.29 is 0 Å². The number of aromatic amines is 1. The second kappa shape index (κ2) is 2.36. The summed E-state index contributed by atoms with van der Waals surface area (Å²) in [5.74, 6) is 0. The van der Waals surface area contributed by atoms with Crippen molar-refractivity contribution in [3.8, 4) is 0 Å². The predicted octanol–water partition coefficient (Wildman–Crippen LogP) is 2.00. The van der Waals surface area contributed by atoms with Gasteiger partial charge in [-0.2, -0.15) is 5.10 Å². The lowest BCUT2D eigenvalue weighted by atomic mass is 10.4. The summed E-state index contributed by atoms with van der Waals surface area (Å²) >= 11 is 6.63. The van der Waals surface area contributed by atoms with Crippen molar-refractivity contribution in [2.45, 2.75) is 0 Å². The van der Waals surface area contributed by atoms with Crippen LogP contribution in [0.5, 0.6) is 0 Å². The van der Waals surface area contributed by atoms with Gasteiger partial charge in [0.05, 0.1) is 5.39 Å². The van der Waals surface area contributed by atoms with E-state index in [4.69, 9.17) is 12.2 Å². The topological polar surface area (TPSA) is 46.0 Å². The molecule has 0 aromatic carbocycles. The SMILES string of the molecule is S=c1[nH]nc2c3ccsc3ncn12. The van der Waals surface area contributed by atoms with Crippen LogP contribution in [0.2, 0.25) is 0 Å². The largest absolute Gasteiger partial charge is 0.258 e. The Morgan fingerprint density at radius 2 is 2.46 bits per heavy atom. The Balaban J connectivity index is 2.74. The molecular weight excluding hydrogens is 204 g/mol. The fourth-order valence-electron chi connectivity index (χ4n) is 1.28. The van der Waals surface area contributed by atoms with E-state index < -0.39 is 0 Å². The van der Waals surface area contributed by atoms with E-state index in [1.807, 2.05) is 11.4 Å². The standard InChI is InChI=1S/C7H4N4S2/c12-7-10-9-5-4-1-2-13-6(4)8-3-11(5)7/h1-3H,(H,10,12). The molecule has 0 atom stereocenters. The van der Waals surface area contributed by atoms with E-state index in [1.165, 1.54) is 0 Å². The van der Waals surface area contributed by atoms with E-state index in [0.29, 0.717) is 4.77 Å². The number of hydrogen-bond acceptors (Lipinski definition) is 4. The molecule has 0 amide bonds. The van der Waals surface area contributed by atoms with Crippen LogP contribution in [-0.4, -0.2) is 19.6 Å². The summed E-state index contributed by atoms with van der Waals surface area (Å²) in [6.45, 7) is 0. The first kappa shape index (κ1) is 7.16. The predicted molar refractivity (Wildman–Crippen MR) is 53.6 cm³/mol. The zero-order valence-corrected chi connectivity index (χ0v) is 8.02. The van der Waals surface area contributed by atoms with Gasteiger partial charge in [-0.25, -0.2) is 4.98 Å². The van der Waals surface area contributed by atoms with Crippen LogP contribution < -0.4 is 0 Å². The minimum atomic E-state index is 0.579. The van der Waals surface area contributed by atoms with Gasteiger partial charge >= 0.3 is 0 Å². The molecule has 0 saturated carbocycles. The average molecular weight is 208 g/mol. The van der Waals surface area contributed by atoms with Crippen molar-refractivity contribution in [2.24, 2.45) is 0 Å². The van der Waals surface area contributed by atoms with Crippen molar-refractivity contribution >= 4 is 39.4 Å². The zero-order valence-electron chi connectivity index (χ0n) is 6.39. The molecule has 13 heavy (non-hydrogen) atoms. The highest BCUT2D eigenvalue weighted by Crippen LogP contribution is 2.20. The Morgan fingerprint density at radius 3 is 3.38 bits per heavy atom. The Labute approximate surface area is 81.9 Å². The highest BCUT2D eigenvalue weighted by molar-refractivity contribution is 7.71. The van der Waals surface area contributed by atoms with Crippen molar-refractivity contribution in [2.75, 3.05) is 0 Å². The third-order valence-corrected chi connectivity index (χ3v) is 2.99. The van der Waals surface area contributed by atoms with Gasteiger partial charge in [-0.1, -0.05) is 0 Å². The van der Waals surface area contributed by atoms with Crippen LogP contribution in [0.1, 0.15) is 0 Å². The van der Waals surface area contributed by atoms with Gasteiger partial charge < -0.3 is 0 Å². The number of nitrogens with zero attached hydrogens (tertiary/aromatic N) is 3. The van der Waals surface area contributed by atoms with Gasteiger partial charge in [0, 0.05) is 0 Å². The highest BCUT2D eigenvalue weighted by atomic mass is 32.1. The van der Waals surface area contributed by atoms with Crippen LogP contribution in [0.3, 0.4) is 0 Å². The molecule has 0 aliphatic heterocycles. The summed E-state index contributed by atoms with van der Waals surface area (Å²) < 4.78 is 2.35. The lowest BCUT2D eigenvalue weighted by molar-refractivity contribution is 1.06. The van der Waals surface area contributed by atoms with Gasteiger partial charge in [-0.05, 0) is 23.7 Å². The van der Waals surface area contributed by atoms with Crippen LogP contribution in [0, 0.1) is 4.77 Å². The van der Waals surface area contributed by atoms with Crippen molar-refractivity contribution in [1.82, 2.24) is 19.6 Å². The summed E-state index contributed by atoms with van der Waals surface area (Å²) in [5.41, 5.74) is 0.844. The Morgan fingerprint density at radius 1 is 1.54 bits per heavy atom. The Bertz CT molecular complexity index is 632. The summed E-state index contributed by atoms with van der Waals surface area (Å²) in [6, 6.07) is 2.00. The zero-order chi connectivity index (χ0) is 8.84. The molecule has 0 fully saturated rings. The smallest absolute Gasteiger partial charge is 0.200 e. The lowest BCUT2D eigenvalue weighted by Gasteiger charge is -1.90. The van der Waals surface area contributed by atoms with Crippen LogP contribution in [0.4, 0.5) is 0 Å². The molecule has 0 saturated heterocycles. The number of rotatable bonds is 0. The van der Waals surface area contributed by atoms with E-state index in [-0.39, 0.29) is 0 Å². The molecule has 3 aromatic heterocycles. The number of nitrogens with one attached hydrogen (secondary N) is 1. The third kappa shape index (κ3) is 0.866. The van der Waals surface area contributed by atoms with Gasteiger partial charge in [-0.15, -0.1) is 11.3 Å². The van der Waals surface area contributed by atoms with Crippen LogP contribution in [0.25, 0.3) is 15.9 Å². The maximum Gasteiger partial charge on any atom is 0.200 e. The normalized spacial score (nSPS) is 11.4. The average Bonchev–Trinajstić information content (AvgIpc) is 2.70. The number of aromatic nitrogens is 4.